The standard InChI is InChI=1S/C30H19BNO2.C12H10N.Ir/c1-19-18-32-25(17-22(19)20-9-3-2-4-10-20)21-11-7-13-24-30(21)34-28-16-8-15-27-29(28)31(24)23-12-5-6-14-26(23)33-27;1-10-7-8-12(13-9-10)11-5-3-2-4-6-11;/h2-10,12-18H,1H3;2-5,7-9H,1H3;/q2*-1;. The molecule has 0 fully saturated rings. The van der Waals surface area contributed by atoms with Gasteiger partial charge in [-0.15, -0.1) is 59.6 Å². The Kier molecular flexibility index (Phi) is 8.77. The zero-order chi connectivity index (χ0) is 31.7. The Morgan fingerprint density at radius 3 is 2.15 bits per heavy atom. The molecule has 1 radical (unpaired) electrons. The first-order valence-electron chi connectivity index (χ1n) is 15.7. The van der Waals surface area contributed by atoms with Gasteiger partial charge in [-0.05, 0) is 71.2 Å². The van der Waals surface area contributed by atoms with Gasteiger partial charge in [0.2, 0.25) is 6.71 Å². The van der Waals surface area contributed by atoms with Crippen LogP contribution in [0.5, 0.6) is 23.0 Å². The van der Waals surface area contributed by atoms with Crippen molar-refractivity contribution in [3.63, 3.8) is 0 Å². The van der Waals surface area contributed by atoms with Crippen LogP contribution in [0, 0.1) is 26.0 Å². The van der Waals surface area contributed by atoms with Crippen molar-refractivity contribution in [2.75, 3.05) is 0 Å². The zero-order valence-electron chi connectivity index (χ0n) is 26.4. The minimum Gasteiger partial charge on any atom is -0.503 e. The summed E-state index contributed by atoms with van der Waals surface area (Å²) >= 11 is 0. The predicted molar refractivity (Wildman–Crippen MR) is 190 cm³/mol. The monoisotopic (exact) mass is 797 g/mol. The number of hydrogen-bond acceptors (Lipinski definition) is 4. The molecular formula is C42H29BIrN2O2-2. The van der Waals surface area contributed by atoms with Crippen molar-refractivity contribution < 1.29 is 29.6 Å². The number of rotatable bonds is 3. The molecule has 0 bridgehead atoms. The molecule has 233 valence electrons. The van der Waals surface area contributed by atoms with Gasteiger partial charge in [0.05, 0.1) is 0 Å². The number of aromatic nitrogens is 2. The van der Waals surface area contributed by atoms with Crippen LogP contribution in [0.1, 0.15) is 11.1 Å². The normalized spacial score (nSPS) is 11.7. The first-order valence-corrected chi connectivity index (χ1v) is 15.7. The maximum atomic E-state index is 6.55. The van der Waals surface area contributed by atoms with Crippen LogP contribution in [-0.2, 0) is 20.1 Å². The van der Waals surface area contributed by atoms with E-state index >= 15 is 0 Å². The van der Waals surface area contributed by atoms with Gasteiger partial charge in [-0.3, -0.25) is 0 Å². The van der Waals surface area contributed by atoms with Crippen LogP contribution in [0.4, 0.5) is 0 Å². The maximum Gasteiger partial charge on any atom is 0.241 e. The molecule has 4 nitrogen and oxygen atoms in total. The Balaban J connectivity index is 0.000000220. The fourth-order valence-corrected chi connectivity index (χ4v) is 6.30. The first-order chi connectivity index (χ1) is 23.1. The van der Waals surface area contributed by atoms with Crippen LogP contribution in [0.2, 0.25) is 0 Å². The van der Waals surface area contributed by atoms with Crippen molar-refractivity contribution in [1.82, 2.24) is 9.97 Å². The molecule has 2 aliphatic rings. The zero-order valence-corrected chi connectivity index (χ0v) is 28.8. The molecule has 0 saturated heterocycles. The average molecular weight is 797 g/mol. The second-order valence-corrected chi connectivity index (χ2v) is 11.7. The molecule has 5 aromatic carbocycles. The van der Waals surface area contributed by atoms with Crippen molar-refractivity contribution in [3.05, 3.63) is 163 Å². The Hall–Kier alpha value is -5.29. The molecule has 0 aliphatic carbocycles. The van der Waals surface area contributed by atoms with Crippen molar-refractivity contribution in [2.24, 2.45) is 0 Å². The molecule has 2 aliphatic heterocycles. The average Bonchev–Trinajstić information content (AvgIpc) is 3.13. The summed E-state index contributed by atoms with van der Waals surface area (Å²) in [6.45, 7) is 4.16. The van der Waals surface area contributed by atoms with Crippen LogP contribution in [0.25, 0.3) is 33.6 Å². The van der Waals surface area contributed by atoms with Crippen molar-refractivity contribution >= 4 is 23.1 Å². The largest absolute Gasteiger partial charge is 0.503 e. The number of benzene rings is 5. The summed E-state index contributed by atoms with van der Waals surface area (Å²) in [5.41, 5.74) is 11.7. The van der Waals surface area contributed by atoms with E-state index in [1.54, 1.807) is 0 Å². The number of para-hydroxylation sites is 1. The van der Waals surface area contributed by atoms with Crippen molar-refractivity contribution in [1.29, 1.82) is 0 Å². The topological polar surface area (TPSA) is 44.2 Å². The molecule has 4 heterocycles. The third-order valence-corrected chi connectivity index (χ3v) is 8.61. The summed E-state index contributed by atoms with van der Waals surface area (Å²) in [6.07, 6.45) is 3.81. The third kappa shape index (κ3) is 5.86. The number of aryl methyl sites for hydroxylation is 2. The summed E-state index contributed by atoms with van der Waals surface area (Å²) in [7, 11) is 0. The molecule has 48 heavy (non-hydrogen) atoms. The Morgan fingerprint density at radius 2 is 1.35 bits per heavy atom. The van der Waals surface area contributed by atoms with E-state index in [2.05, 4.69) is 78.6 Å². The second-order valence-electron chi connectivity index (χ2n) is 11.7. The predicted octanol–water partition coefficient (Wildman–Crippen LogP) is 8.11. The van der Waals surface area contributed by atoms with Gasteiger partial charge in [0.15, 0.2) is 0 Å². The van der Waals surface area contributed by atoms with Crippen LogP contribution in [0.15, 0.2) is 140 Å². The summed E-state index contributed by atoms with van der Waals surface area (Å²) in [5, 5.41) is 0. The number of nitrogens with zero attached hydrogens (tertiary/aromatic N) is 2. The molecule has 0 amide bonds. The number of hydrogen-bond donors (Lipinski definition) is 0. The minimum absolute atomic E-state index is 0. The Bertz CT molecular complexity index is 2220. The molecule has 2 aromatic heterocycles. The number of pyridine rings is 2. The molecule has 0 spiro atoms. The maximum absolute atomic E-state index is 6.55. The van der Waals surface area contributed by atoms with E-state index in [1.165, 1.54) is 11.1 Å². The SMILES string of the molecule is Cc1ccc(-c2[c-]cccc2)nc1.Cc1cnc(-c2[c-]ccc3c2Oc2cccc4c2B3c2ccccc2O4)cc1-c1ccccc1.[Ir]. The molecule has 7 aromatic rings. The number of ether oxygens (including phenoxy) is 2. The summed E-state index contributed by atoms with van der Waals surface area (Å²) in [6, 6.07) is 49.4. The fourth-order valence-electron chi connectivity index (χ4n) is 6.30. The molecule has 0 unspecified atom stereocenters. The van der Waals surface area contributed by atoms with Gasteiger partial charge in [0, 0.05) is 43.7 Å². The second kappa shape index (κ2) is 13.4. The summed E-state index contributed by atoms with van der Waals surface area (Å²) < 4.78 is 12.8. The molecule has 0 atom stereocenters. The van der Waals surface area contributed by atoms with Crippen molar-refractivity contribution in [2.45, 2.75) is 13.8 Å². The smallest absolute Gasteiger partial charge is 0.241 e. The minimum atomic E-state index is 0. The van der Waals surface area contributed by atoms with Gasteiger partial charge in [-0.25, -0.2) is 0 Å². The van der Waals surface area contributed by atoms with Gasteiger partial charge in [0.25, 0.3) is 0 Å². The van der Waals surface area contributed by atoms with E-state index in [9.17, 15) is 0 Å². The number of fused-ring (bicyclic) bond motifs is 4. The van der Waals surface area contributed by atoms with E-state index in [-0.39, 0.29) is 26.8 Å². The third-order valence-electron chi connectivity index (χ3n) is 8.61. The molecule has 0 N–H and O–H groups in total. The Labute approximate surface area is 294 Å². The molecular weight excluding hydrogens is 768 g/mol. The van der Waals surface area contributed by atoms with E-state index in [0.29, 0.717) is 0 Å². The molecule has 6 heteroatoms. The first kappa shape index (κ1) is 31.3. The van der Waals surface area contributed by atoms with Gasteiger partial charge < -0.3 is 19.4 Å². The molecule has 9 rings (SSSR count). The van der Waals surface area contributed by atoms with Gasteiger partial charge in [-0.2, -0.15) is 0 Å². The van der Waals surface area contributed by atoms with E-state index in [4.69, 9.17) is 14.5 Å². The quantitative estimate of drug-likeness (QED) is 0.134. The van der Waals surface area contributed by atoms with E-state index < -0.39 is 0 Å². The van der Waals surface area contributed by atoms with Crippen molar-refractivity contribution in [3.8, 4) is 56.6 Å². The van der Waals surface area contributed by atoms with Crippen LogP contribution < -0.4 is 25.9 Å². The van der Waals surface area contributed by atoms with Gasteiger partial charge in [0.1, 0.15) is 17.2 Å². The van der Waals surface area contributed by atoms with Gasteiger partial charge in [-0.1, -0.05) is 78.4 Å². The summed E-state index contributed by atoms with van der Waals surface area (Å²) in [4.78, 5) is 9.11. The molecule has 0 saturated carbocycles. The van der Waals surface area contributed by atoms with Crippen LogP contribution >= 0.6 is 0 Å². The fraction of sp³-hybridized carbons (Fsp3) is 0.0476. The van der Waals surface area contributed by atoms with E-state index in [1.807, 2.05) is 92.1 Å². The Morgan fingerprint density at radius 1 is 0.604 bits per heavy atom. The van der Waals surface area contributed by atoms with Crippen LogP contribution in [-0.4, -0.2) is 16.7 Å². The van der Waals surface area contributed by atoms with Gasteiger partial charge >= 0.3 is 0 Å². The van der Waals surface area contributed by atoms with Crippen LogP contribution in [0.3, 0.4) is 0 Å². The summed E-state index contributed by atoms with van der Waals surface area (Å²) in [5.74, 6) is 3.37. The van der Waals surface area contributed by atoms with E-state index in [0.717, 1.165) is 73.0 Å².